The van der Waals surface area contributed by atoms with Crippen molar-refractivity contribution in [1.29, 1.82) is 0 Å². The maximum absolute atomic E-state index is 12.0. The number of hydrogen-bond donors (Lipinski definition) is 0. The van der Waals surface area contributed by atoms with Crippen molar-refractivity contribution in [1.82, 2.24) is 5.06 Å². The molecule has 15 heavy (non-hydrogen) atoms. The number of nitrogens with zero attached hydrogens (tertiary/aromatic N) is 2. The van der Waals surface area contributed by atoms with E-state index in [1.807, 2.05) is 0 Å². The van der Waals surface area contributed by atoms with Gasteiger partial charge in [0, 0.05) is 18.8 Å². The number of hydrogen-bond acceptors (Lipinski definition) is 3. The molecule has 0 spiro atoms. The molecule has 6 heteroatoms. The lowest BCUT2D eigenvalue weighted by Gasteiger charge is -2.35. The zero-order valence-corrected chi connectivity index (χ0v) is 11.7. The molecule has 4 nitrogen and oxygen atoms in total. The molecule has 2 rings (SSSR count). The van der Waals surface area contributed by atoms with Gasteiger partial charge in [-0.15, -0.1) is 0 Å². The summed E-state index contributed by atoms with van der Waals surface area (Å²) in [5.41, 5.74) is 0.152. The quantitative estimate of drug-likeness (QED) is 0.503. The van der Waals surface area contributed by atoms with Gasteiger partial charge in [-0.2, -0.15) is 0 Å². The number of nitroso groups, excluding NO2 is 1. The summed E-state index contributed by atoms with van der Waals surface area (Å²) in [4.78, 5) is 12.0. The first-order chi connectivity index (χ1) is 6.87. The molecule has 0 radical (unpaired) electrons. The molecule has 0 fully saturated rings. The third-order valence-corrected chi connectivity index (χ3v) is 4.74. The van der Waals surface area contributed by atoms with Crippen molar-refractivity contribution >= 4 is 31.9 Å². The van der Waals surface area contributed by atoms with E-state index in [-0.39, 0.29) is 9.65 Å². The average Bonchev–Trinajstić information content (AvgIpc) is 2.35. The van der Waals surface area contributed by atoms with E-state index >= 15 is 0 Å². The maximum atomic E-state index is 12.0. The van der Waals surface area contributed by atoms with E-state index in [1.165, 1.54) is 0 Å². The van der Waals surface area contributed by atoms with Gasteiger partial charge in [0.25, 0.3) is 11.4 Å². The minimum absolute atomic E-state index is 0.00275. The van der Waals surface area contributed by atoms with Crippen molar-refractivity contribution in [2.45, 2.75) is 42.0 Å². The van der Waals surface area contributed by atoms with Gasteiger partial charge in [-0.3, -0.25) is 0 Å². The fraction of sp³-hybridized carbons (Fsp3) is 0.778. The van der Waals surface area contributed by atoms with Gasteiger partial charge in [-0.1, -0.05) is 31.9 Å². The highest BCUT2D eigenvalue weighted by atomic mass is 79.9. The lowest BCUT2D eigenvalue weighted by molar-refractivity contribution is -0.585. The number of hydroxylamine groups is 2. The van der Waals surface area contributed by atoms with Gasteiger partial charge in [-0.05, 0) is 12.8 Å². The molecule has 0 bridgehead atoms. The van der Waals surface area contributed by atoms with Crippen LogP contribution in [-0.4, -0.2) is 25.1 Å². The highest BCUT2D eigenvalue weighted by molar-refractivity contribution is 9.10. The molecule has 0 aromatic heterocycles. The molecular weight excluding hydrogens is 328 g/mol. The number of allylic oxidation sites excluding steroid dienone is 2. The van der Waals surface area contributed by atoms with E-state index in [9.17, 15) is 10.1 Å². The topological polar surface area (TPSA) is 46.4 Å². The van der Waals surface area contributed by atoms with Crippen molar-refractivity contribution in [3.63, 3.8) is 0 Å². The summed E-state index contributed by atoms with van der Waals surface area (Å²) < 4.78 is 0.835. The summed E-state index contributed by atoms with van der Waals surface area (Å²) in [5.74, 6) is 0. The number of halogens is 2. The third-order valence-electron chi connectivity index (χ3n) is 2.96. The van der Waals surface area contributed by atoms with Gasteiger partial charge in [0.15, 0.2) is 0 Å². The molecule has 2 atom stereocenters. The standard InChI is InChI=1S/C9H12Br2N2O2/c1-9(2)12(14)7-5(10)3-4-6(11)8(7)13(9)15/h5-6H,3-4H2,1-2H3. The lowest BCUT2D eigenvalue weighted by Crippen LogP contribution is -2.42. The fourth-order valence-corrected chi connectivity index (χ4v) is 3.39. The van der Waals surface area contributed by atoms with Gasteiger partial charge in [-0.25, -0.2) is 0 Å². The fourth-order valence-electron chi connectivity index (χ4n) is 2.02. The van der Waals surface area contributed by atoms with Crippen molar-refractivity contribution in [3.05, 3.63) is 21.5 Å². The van der Waals surface area contributed by atoms with Crippen LogP contribution in [0.1, 0.15) is 26.7 Å². The first-order valence-corrected chi connectivity index (χ1v) is 6.67. The molecule has 1 heterocycles. The maximum Gasteiger partial charge on any atom is 0.276 e. The second kappa shape index (κ2) is 3.53. The van der Waals surface area contributed by atoms with Gasteiger partial charge in [0.05, 0.1) is 15.3 Å². The Hall–Kier alpha value is 0.0600. The Labute approximate surface area is 105 Å². The second-order valence-electron chi connectivity index (χ2n) is 4.37. The Bertz CT molecular complexity index is 354. The van der Waals surface area contributed by atoms with Crippen molar-refractivity contribution in [3.8, 4) is 0 Å². The van der Waals surface area contributed by atoms with Crippen LogP contribution in [0.2, 0.25) is 0 Å². The monoisotopic (exact) mass is 338 g/mol. The molecule has 1 aliphatic heterocycles. The van der Waals surface area contributed by atoms with Crippen LogP contribution < -0.4 is 0 Å². The lowest BCUT2D eigenvalue weighted by atomic mass is 10.0. The summed E-state index contributed by atoms with van der Waals surface area (Å²) in [6.07, 6.45) is 1.74. The van der Waals surface area contributed by atoms with E-state index in [0.29, 0.717) is 11.4 Å². The van der Waals surface area contributed by atoms with Gasteiger partial charge >= 0.3 is 0 Å². The van der Waals surface area contributed by atoms with Crippen molar-refractivity contribution < 1.29 is 4.76 Å². The highest BCUT2D eigenvalue weighted by Crippen LogP contribution is 2.44. The van der Waals surface area contributed by atoms with Crippen LogP contribution in [0, 0.1) is 10.1 Å². The second-order valence-corrected chi connectivity index (χ2v) is 6.58. The molecule has 0 amide bonds. The Morgan fingerprint density at radius 2 is 1.93 bits per heavy atom. The summed E-state index contributed by atoms with van der Waals surface area (Å²) >= 11 is 6.91. The smallest absolute Gasteiger partial charge is 0.276 e. The van der Waals surface area contributed by atoms with Crippen LogP contribution in [0.4, 0.5) is 0 Å². The van der Waals surface area contributed by atoms with Crippen molar-refractivity contribution in [2.75, 3.05) is 0 Å². The zero-order valence-electron chi connectivity index (χ0n) is 8.54. The van der Waals surface area contributed by atoms with Crippen LogP contribution in [0.5, 0.6) is 0 Å². The van der Waals surface area contributed by atoms with E-state index < -0.39 is 5.66 Å². The summed E-state index contributed by atoms with van der Waals surface area (Å²) in [5, 5.41) is 12.8. The number of rotatable bonds is 0. The molecule has 0 aromatic carbocycles. The molecule has 0 N–H and O–H groups in total. The molecule has 0 saturated carbocycles. The minimum Gasteiger partial charge on any atom is -0.753 e. The Morgan fingerprint density at radius 1 is 1.40 bits per heavy atom. The van der Waals surface area contributed by atoms with Gasteiger partial charge in [0.2, 0.25) is 0 Å². The first kappa shape index (κ1) is 11.5. The Kier molecular flexibility index (Phi) is 2.72. The van der Waals surface area contributed by atoms with E-state index in [2.05, 4.69) is 31.9 Å². The van der Waals surface area contributed by atoms with Gasteiger partial charge < -0.3 is 10.3 Å². The van der Waals surface area contributed by atoms with Crippen LogP contribution in [0.15, 0.2) is 11.4 Å². The van der Waals surface area contributed by atoms with Gasteiger partial charge in [0.1, 0.15) is 4.83 Å². The minimum atomic E-state index is -1.02. The average molecular weight is 340 g/mol. The Morgan fingerprint density at radius 3 is 2.47 bits per heavy atom. The molecule has 2 unspecified atom stereocenters. The summed E-state index contributed by atoms with van der Waals surface area (Å²) in [6.45, 7) is 3.29. The van der Waals surface area contributed by atoms with Crippen LogP contribution in [0.3, 0.4) is 0 Å². The molecule has 2 aliphatic rings. The van der Waals surface area contributed by atoms with E-state index in [4.69, 9.17) is 0 Å². The highest BCUT2D eigenvalue weighted by Gasteiger charge is 2.54. The molecule has 0 aromatic rings. The first-order valence-electron chi connectivity index (χ1n) is 4.84. The SMILES string of the molecule is CC1(C)N([O-])C2=C(C(Br)CCC2Br)[N+]1=O. The molecule has 0 saturated heterocycles. The molecule has 84 valence electrons. The third kappa shape index (κ3) is 1.49. The summed E-state index contributed by atoms with van der Waals surface area (Å²) in [6, 6.07) is 0. The Balaban J connectivity index is 2.52. The van der Waals surface area contributed by atoms with Crippen LogP contribution >= 0.6 is 31.9 Å². The van der Waals surface area contributed by atoms with Crippen LogP contribution in [0.25, 0.3) is 0 Å². The predicted molar refractivity (Wildman–Crippen MR) is 64.6 cm³/mol. The number of alkyl halides is 2. The van der Waals surface area contributed by atoms with Crippen molar-refractivity contribution in [2.24, 2.45) is 0 Å². The normalized spacial score (nSPS) is 34.7. The van der Waals surface area contributed by atoms with Crippen LogP contribution in [-0.2, 0) is 0 Å². The predicted octanol–water partition coefficient (Wildman–Crippen LogP) is 2.85. The zero-order chi connectivity index (χ0) is 11.4. The van der Waals surface area contributed by atoms with E-state index in [1.54, 1.807) is 13.8 Å². The largest absolute Gasteiger partial charge is 0.753 e. The van der Waals surface area contributed by atoms with E-state index in [0.717, 1.165) is 22.7 Å². The molecule has 1 aliphatic carbocycles. The molecular formula is C9H12Br2N2O2. The summed E-state index contributed by atoms with van der Waals surface area (Å²) in [7, 11) is 0.